The Morgan fingerprint density at radius 1 is 0.783 bits per heavy atom. The van der Waals surface area contributed by atoms with E-state index in [2.05, 4.69) is 12.1 Å². The highest BCUT2D eigenvalue weighted by molar-refractivity contribution is 7.89. The van der Waals surface area contributed by atoms with Gasteiger partial charge in [-0.3, -0.25) is 0 Å². The second kappa shape index (κ2) is 14.5. The summed E-state index contributed by atoms with van der Waals surface area (Å²) in [5, 5.41) is 17.0. The smallest absolute Gasteiger partial charge is 0.212 e. The van der Waals surface area contributed by atoms with E-state index in [4.69, 9.17) is 10.5 Å². The maximum Gasteiger partial charge on any atom is 0.214 e. The molecule has 0 atom stereocenters. The summed E-state index contributed by atoms with van der Waals surface area (Å²) in [7, 11) is -3.14. The summed E-state index contributed by atoms with van der Waals surface area (Å²) in [5.41, 5.74) is 0. The average Bonchev–Trinajstić information content (AvgIpc) is 2.51. The van der Waals surface area contributed by atoms with Crippen LogP contribution in [0.2, 0.25) is 0 Å². The Kier molecular flexibility index (Phi) is 13.8. The summed E-state index contributed by atoms with van der Waals surface area (Å²) in [6, 6.07) is 4.26. The number of nitriles is 2. The number of hydrogen-bond donors (Lipinski definition) is 0. The largest absolute Gasteiger partial charge is 0.214 e. The van der Waals surface area contributed by atoms with Crippen LogP contribution < -0.4 is 0 Å². The molecule has 0 rings (SSSR count). The molecule has 0 unspecified atom stereocenters. The van der Waals surface area contributed by atoms with Crippen LogP contribution in [0.25, 0.3) is 0 Å². The van der Waals surface area contributed by atoms with Gasteiger partial charge < -0.3 is 0 Å². The third kappa shape index (κ3) is 12.0. The second-order valence-electron chi connectivity index (χ2n) is 5.86. The SMILES string of the molecule is CCCS(=O)(=O)N(CCCCCCC#N)CCCCCCC#N. The molecule has 0 aliphatic carbocycles. The van der Waals surface area contributed by atoms with Crippen LogP contribution in [0.5, 0.6) is 0 Å². The molecular formula is C17H31N3O2S. The van der Waals surface area contributed by atoms with Crippen molar-refractivity contribution in [2.45, 2.75) is 77.6 Å². The maximum absolute atomic E-state index is 12.3. The van der Waals surface area contributed by atoms with Gasteiger partial charge in [-0.1, -0.05) is 32.6 Å². The number of unbranched alkanes of at least 4 members (excludes halogenated alkanes) is 8. The lowest BCUT2D eigenvalue weighted by Gasteiger charge is -2.22. The summed E-state index contributed by atoms with van der Waals surface area (Å²) in [6.45, 7) is 3.07. The molecule has 0 spiro atoms. The van der Waals surface area contributed by atoms with Crippen LogP contribution in [-0.2, 0) is 10.0 Å². The third-order valence-electron chi connectivity index (χ3n) is 3.75. The van der Waals surface area contributed by atoms with Crippen molar-refractivity contribution in [3.8, 4) is 12.1 Å². The van der Waals surface area contributed by atoms with Crippen molar-refractivity contribution in [2.24, 2.45) is 0 Å². The molecule has 0 aromatic carbocycles. The average molecular weight is 342 g/mol. The minimum atomic E-state index is -3.14. The van der Waals surface area contributed by atoms with Crippen molar-refractivity contribution in [3.63, 3.8) is 0 Å². The Bertz CT molecular complexity index is 437. The predicted octanol–water partition coefficient (Wildman–Crippen LogP) is 3.98. The highest BCUT2D eigenvalue weighted by Gasteiger charge is 2.19. The molecule has 0 heterocycles. The van der Waals surface area contributed by atoms with Crippen molar-refractivity contribution in [2.75, 3.05) is 18.8 Å². The van der Waals surface area contributed by atoms with E-state index >= 15 is 0 Å². The molecule has 0 bridgehead atoms. The molecule has 0 amide bonds. The lowest BCUT2D eigenvalue weighted by molar-refractivity contribution is 0.384. The van der Waals surface area contributed by atoms with Crippen LogP contribution in [0, 0.1) is 22.7 Å². The highest BCUT2D eigenvalue weighted by atomic mass is 32.2. The zero-order valence-electron chi connectivity index (χ0n) is 14.5. The minimum Gasteiger partial charge on any atom is -0.212 e. The lowest BCUT2D eigenvalue weighted by atomic mass is 10.1. The molecule has 23 heavy (non-hydrogen) atoms. The van der Waals surface area contributed by atoms with Crippen molar-refractivity contribution in [1.82, 2.24) is 4.31 Å². The molecule has 0 aliphatic rings. The van der Waals surface area contributed by atoms with Crippen LogP contribution in [0.15, 0.2) is 0 Å². The molecular weight excluding hydrogens is 310 g/mol. The van der Waals surface area contributed by atoms with E-state index in [0.717, 1.165) is 51.4 Å². The molecule has 0 saturated heterocycles. The zero-order chi connectivity index (χ0) is 17.4. The van der Waals surface area contributed by atoms with Gasteiger partial charge in [0.1, 0.15) is 0 Å². The van der Waals surface area contributed by atoms with Gasteiger partial charge in [0.15, 0.2) is 0 Å². The molecule has 0 aliphatic heterocycles. The standard InChI is InChI=1S/C17H31N3O2S/c1-2-17-23(21,22)20(15-11-7-3-5-9-13-18)16-12-8-4-6-10-14-19/h2-12,15-17H2,1H3. The van der Waals surface area contributed by atoms with Gasteiger partial charge in [-0.2, -0.15) is 10.5 Å². The van der Waals surface area contributed by atoms with Gasteiger partial charge in [0.2, 0.25) is 10.0 Å². The monoisotopic (exact) mass is 341 g/mol. The normalized spacial score (nSPS) is 11.3. The summed E-state index contributed by atoms with van der Waals surface area (Å²) < 4.78 is 26.2. The van der Waals surface area contributed by atoms with Crippen molar-refractivity contribution in [1.29, 1.82) is 10.5 Å². The van der Waals surface area contributed by atoms with Gasteiger partial charge in [0, 0.05) is 25.9 Å². The Labute approximate surface area is 142 Å². The first-order valence-corrected chi connectivity index (χ1v) is 10.4. The molecule has 0 aromatic heterocycles. The number of sulfonamides is 1. The topological polar surface area (TPSA) is 85.0 Å². The van der Waals surface area contributed by atoms with E-state index in [-0.39, 0.29) is 5.75 Å². The quantitative estimate of drug-likeness (QED) is 0.422. The molecule has 6 heteroatoms. The molecule has 5 nitrogen and oxygen atoms in total. The highest BCUT2D eigenvalue weighted by Crippen LogP contribution is 2.11. The number of rotatable bonds is 15. The second-order valence-corrected chi connectivity index (χ2v) is 7.95. The van der Waals surface area contributed by atoms with Gasteiger partial charge >= 0.3 is 0 Å². The number of nitrogens with zero attached hydrogens (tertiary/aromatic N) is 3. The van der Waals surface area contributed by atoms with Gasteiger partial charge in [0.05, 0.1) is 17.9 Å². The number of hydrogen-bond acceptors (Lipinski definition) is 4. The van der Waals surface area contributed by atoms with Crippen LogP contribution in [0.1, 0.15) is 77.6 Å². The van der Waals surface area contributed by atoms with Gasteiger partial charge in [-0.25, -0.2) is 12.7 Å². The Morgan fingerprint density at radius 2 is 1.22 bits per heavy atom. The van der Waals surface area contributed by atoms with E-state index < -0.39 is 10.0 Å². The van der Waals surface area contributed by atoms with E-state index in [1.54, 1.807) is 4.31 Å². The Balaban J connectivity index is 4.15. The Morgan fingerprint density at radius 3 is 1.61 bits per heavy atom. The lowest BCUT2D eigenvalue weighted by Crippen LogP contribution is -2.34. The first-order chi connectivity index (χ1) is 11.1. The fraction of sp³-hybridized carbons (Fsp3) is 0.882. The van der Waals surface area contributed by atoms with Gasteiger partial charge in [-0.05, 0) is 32.1 Å². The summed E-state index contributed by atoms with van der Waals surface area (Å²) in [5.74, 6) is 0.218. The van der Waals surface area contributed by atoms with Crippen LogP contribution >= 0.6 is 0 Å². The van der Waals surface area contributed by atoms with Gasteiger partial charge in [0.25, 0.3) is 0 Å². The van der Waals surface area contributed by atoms with Crippen molar-refractivity contribution >= 4 is 10.0 Å². The predicted molar refractivity (Wildman–Crippen MR) is 93.0 cm³/mol. The molecule has 0 N–H and O–H groups in total. The summed E-state index contributed by atoms with van der Waals surface area (Å²) >= 11 is 0. The maximum atomic E-state index is 12.3. The fourth-order valence-corrected chi connectivity index (χ4v) is 4.06. The summed E-state index contributed by atoms with van der Waals surface area (Å²) in [6.07, 6.45) is 9.26. The van der Waals surface area contributed by atoms with E-state index in [9.17, 15) is 8.42 Å². The first kappa shape index (κ1) is 21.9. The molecule has 0 radical (unpaired) electrons. The Hall–Kier alpha value is -1.11. The third-order valence-corrected chi connectivity index (χ3v) is 5.82. The zero-order valence-corrected chi connectivity index (χ0v) is 15.3. The first-order valence-electron chi connectivity index (χ1n) is 8.80. The minimum absolute atomic E-state index is 0.218. The van der Waals surface area contributed by atoms with E-state index in [1.807, 2.05) is 6.92 Å². The molecule has 0 fully saturated rings. The summed E-state index contributed by atoms with van der Waals surface area (Å²) in [4.78, 5) is 0. The van der Waals surface area contributed by atoms with Crippen LogP contribution in [0.4, 0.5) is 0 Å². The van der Waals surface area contributed by atoms with E-state index in [0.29, 0.717) is 32.4 Å². The fourth-order valence-electron chi connectivity index (χ4n) is 2.47. The molecule has 132 valence electrons. The van der Waals surface area contributed by atoms with Crippen LogP contribution in [-0.4, -0.2) is 31.6 Å². The molecule has 0 saturated carbocycles. The molecule has 0 aromatic rings. The van der Waals surface area contributed by atoms with Crippen molar-refractivity contribution < 1.29 is 8.42 Å². The van der Waals surface area contributed by atoms with Crippen molar-refractivity contribution in [3.05, 3.63) is 0 Å². The van der Waals surface area contributed by atoms with Crippen LogP contribution in [0.3, 0.4) is 0 Å². The van der Waals surface area contributed by atoms with E-state index in [1.165, 1.54) is 0 Å². The van der Waals surface area contributed by atoms with Gasteiger partial charge in [-0.15, -0.1) is 0 Å².